The lowest BCUT2D eigenvalue weighted by Gasteiger charge is -1.98. The molecule has 0 amide bonds. The summed E-state index contributed by atoms with van der Waals surface area (Å²) in [5.74, 6) is 0.901. The van der Waals surface area contributed by atoms with Crippen LogP contribution < -0.4 is 0 Å². The van der Waals surface area contributed by atoms with Gasteiger partial charge in [-0.1, -0.05) is 0 Å². The van der Waals surface area contributed by atoms with E-state index in [0.29, 0.717) is 6.45 Å². The van der Waals surface area contributed by atoms with Gasteiger partial charge in [-0.25, -0.2) is 9.97 Å². The lowest BCUT2D eigenvalue weighted by molar-refractivity contribution is 0.360. The zero-order valence-electron chi connectivity index (χ0n) is 6.53. The zero-order chi connectivity index (χ0) is 8.65. The van der Waals surface area contributed by atoms with Gasteiger partial charge in [-0.05, 0) is 34.5 Å². The average molecular weight is 296 g/mol. The van der Waals surface area contributed by atoms with Crippen LogP contribution in [0.2, 0.25) is 0 Å². The third-order valence-electron chi connectivity index (χ3n) is 1.32. The van der Waals surface area contributed by atoms with Gasteiger partial charge in [-0.3, -0.25) is 0 Å². The molecule has 12 heavy (non-hydrogen) atoms. The van der Waals surface area contributed by atoms with E-state index in [0.717, 1.165) is 25.3 Å². The van der Waals surface area contributed by atoms with Crippen molar-refractivity contribution in [3.05, 3.63) is 24.3 Å². The van der Waals surface area contributed by atoms with E-state index in [1.54, 1.807) is 12.4 Å². The van der Waals surface area contributed by atoms with Crippen molar-refractivity contribution in [2.24, 2.45) is 0 Å². The molecule has 3 nitrogen and oxygen atoms in total. The number of aryl methyl sites for hydroxylation is 1. The van der Waals surface area contributed by atoms with Crippen molar-refractivity contribution in [3.8, 4) is 0 Å². The summed E-state index contributed by atoms with van der Waals surface area (Å²) >= 11 is 2.22. The Bertz CT molecular complexity index is 210. The first-order valence-electron chi connectivity index (χ1n) is 3.67. The van der Waals surface area contributed by atoms with Crippen molar-refractivity contribution < 1.29 is 4.52 Å². The number of hydrogen-bond acceptors (Lipinski definition) is 3. The molecule has 0 saturated heterocycles. The molecule has 0 fully saturated rings. The Morgan fingerprint density at radius 1 is 1.42 bits per heavy atom. The van der Waals surface area contributed by atoms with Crippen LogP contribution in [0.5, 0.6) is 0 Å². The average Bonchev–Trinajstić information content (AvgIpc) is 2.14. The summed E-state index contributed by atoms with van der Waals surface area (Å²) in [5.41, 5.74) is 0. The van der Waals surface area contributed by atoms with Crippen molar-refractivity contribution in [2.75, 3.05) is 6.61 Å². The van der Waals surface area contributed by atoms with Gasteiger partial charge in [0.1, 0.15) is 5.82 Å². The summed E-state index contributed by atoms with van der Waals surface area (Å²) in [4.78, 5) is 8.22. The van der Waals surface area contributed by atoms with Crippen LogP contribution in [0.25, 0.3) is 0 Å². The molecular formula is C7H10IN2OP. The van der Waals surface area contributed by atoms with E-state index in [9.17, 15) is 0 Å². The fourth-order valence-corrected chi connectivity index (χ4v) is 1.68. The van der Waals surface area contributed by atoms with E-state index in [1.165, 1.54) is 0 Å². The lowest BCUT2D eigenvalue weighted by atomic mass is 10.3. The van der Waals surface area contributed by atoms with Crippen molar-refractivity contribution in [3.63, 3.8) is 0 Å². The summed E-state index contributed by atoms with van der Waals surface area (Å²) in [6.07, 6.45) is 5.44. The molecule has 0 aromatic carbocycles. The van der Waals surface area contributed by atoms with Gasteiger partial charge in [0.2, 0.25) is 0 Å². The maximum atomic E-state index is 5.21. The van der Waals surface area contributed by atoms with Crippen LogP contribution in [-0.2, 0) is 10.9 Å². The Hall–Kier alpha value is 0.200. The van der Waals surface area contributed by atoms with Gasteiger partial charge < -0.3 is 4.52 Å². The summed E-state index contributed by atoms with van der Waals surface area (Å²) in [7, 11) is 0. The third-order valence-corrected chi connectivity index (χ3v) is 2.57. The Labute approximate surface area is 86.7 Å². The van der Waals surface area contributed by atoms with E-state index in [-0.39, 0.29) is 0 Å². The molecule has 1 unspecified atom stereocenters. The van der Waals surface area contributed by atoms with E-state index < -0.39 is 0 Å². The van der Waals surface area contributed by atoms with E-state index in [4.69, 9.17) is 4.52 Å². The van der Waals surface area contributed by atoms with Crippen molar-refractivity contribution >= 4 is 28.5 Å². The summed E-state index contributed by atoms with van der Waals surface area (Å²) in [6.45, 7) is 1.36. The first-order valence-corrected chi connectivity index (χ1v) is 7.69. The first kappa shape index (κ1) is 10.3. The maximum absolute atomic E-state index is 5.21. The number of hydrogen-bond donors (Lipinski definition) is 0. The smallest absolute Gasteiger partial charge is 0.128 e. The fourth-order valence-electron chi connectivity index (χ4n) is 0.800. The lowest BCUT2D eigenvalue weighted by Crippen LogP contribution is -1.95. The Morgan fingerprint density at radius 2 is 2.17 bits per heavy atom. The minimum Gasteiger partial charge on any atom is -0.352 e. The van der Waals surface area contributed by atoms with E-state index >= 15 is 0 Å². The van der Waals surface area contributed by atoms with Crippen LogP contribution in [0, 0.1) is 0 Å². The van der Waals surface area contributed by atoms with Crippen LogP contribution in [0.4, 0.5) is 0 Å². The van der Waals surface area contributed by atoms with Gasteiger partial charge in [-0.15, -0.1) is 0 Å². The maximum Gasteiger partial charge on any atom is 0.128 e. The van der Waals surface area contributed by atoms with Crippen LogP contribution in [-0.4, -0.2) is 16.6 Å². The van der Waals surface area contributed by atoms with Crippen molar-refractivity contribution in [1.29, 1.82) is 0 Å². The molecule has 0 aliphatic rings. The van der Waals surface area contributed by atoms with Gasteiger partial charge in [0.05, 0.1) is 13.1 Å². The van der Waals surface area contributed by atoms with Gasteiger partial charge in [0.15, 0.2) is 0 Å². The second kappa shape index (κ2) is 6.69. The topological polar surface area (TPSA) is 35.0 Å². The highest BCUT2D eigenvalue weighted by atomic mass is 127. The van der Waals surface area contributed by atoms with Gasteiger partial charge in [0, 0.05) is 18.8 Å². The summed E-state index contributed by atoms with van der Waals surface area (Å²) < 4.78 is 5.21. The molecule has 0 aliphatic heterocycles. The van der Waals surface area contributed by atoms with Gasteiger partial charge in [-0.2, -0.15) is 0 Å². The monoisotopic (exact) mass is 296 g/mol. The SMILES string of the molecule is IPOCCCc1ncccn1. The standard InChI is InChI=1S/C7H10IN2OP/c8-12-11-6-1-3-7-9-4-2-5-10-7/h2,4-5,12H,1,3,6H2. The van der Waals surface area contributed by atoms with Crippen LogP contribution in [0.3, 0.4) is 0 Å². The molecule has 0 spiro atoms. The van der Waals surface area contributed by atoms with Gasteiger partial charge in [0.25, 0.3) is 0 Å². The second-order valence-electron chi connectivity index (χ2n) is 2.19. The molecule has 1 aromatic heterocycles. The van der Waals surface area contributed by atoms with Crippen LogP contribution >= 0.6 is 28.5 Å². The molecule has 0 bridgehead atoms. The van der Waals surface area contributed by atoms with E-state index in [1.807, 2.05) is 6.07 Å². The number of aromatic nitrogens is 2. The highest BCUT2D eigenvalue weighted by molar-refractivity contribution is 14.2. The molecule has 0 saturated carbocycles. The predicted octanol–water partition coefficient (Wildman–Crippen LogP) is 2.37. The molecule has 1 atom stereocenters. The molecule has 1 rings (SSSR count). The summed E-state index contributed by atoms with van der Waals surface area (Å²) in [5, 5.41) is 0. The molecule has 5 heteroatoms. The number of nitrogens with zero attached hydrogens (tertiary/aromatic N) is 2. The van der Waals surface area contributed by atoms with E-state index in [2.05, 4.69) is 32.0 Å². The number of halogens is 1. The quantitative estimate of drug-likeness (QED) is 0.475. The molecular weight excluding hydrogens is 286 g/mol. The Morgan fingerprint density at radius 3 is 2.83 bits per heavy atom. The van der Waals surface area contributed by atoms with Crippen LogP contribution in [0.15, 0.2) is 18.5 Å². The fraction of sp³-hybridized carbons (Fsp3) is 0.429. The highest BCUT2D eigenvalue weighted by Gasteiger charge is 1.93. The molecule has 1 aromatic rings. The molecule has 0 N–H and O–H groups in total. The predicted molar refractivity (Wildman–Crippen MR) is 58.6 cm³/mol. The van der Waals surface area contributed by atoms with Crippen molar-refractivity contribution in [1.82, 2.24) is 9.97 Å². The summed E-state index contributed by atoms with van der Waals surface area (Å²) in [6, 6.07) is 1.83. The minimum absolute atomic E-state index is 0.554. The largest absolute Gasteiger partial charge is 0.352 e. The Balaban J connectivity index is 2.16. The molecule has 0 aliphatic carbocycles. The highest BCUT2D eigenvalue weighted by Crippen LogP contribution is 2.21. The molecule has 0 radical (unpaired) electrons. The zero-order valence-corrected chi connectivity index (χ0v) is 9.69. The molecule has 66 valence electrons. The number of rotatable bonds is 5. The minimum atomic E-state index is 0.554. The first-order chi connectivity index (χ1) is 5.93. The Kier molecular flexibility index (Phi) is 5.73. The normalized spacial score (nSPS) is 11.1. The molecule has 1 heterocycles. The van der Waals surface area contributed by atoms with Gasteiger partial charge >= 0.3 is 0 Å². The van der Waals surface area contributed by atoms with Crippen molar-refractivity contribution in [2.45, 2.75) is 12.8 Å². The second-order valence-corrected chi connectivity index (χ2v) is 3.96. The van der Waals surface area contributed by atoms with Crippen LogP contribution in [0.1, 0.15) is 12.2 Å². The third kappa shape index (κ3) is 4.28.